The number of ether oxygens (including phenoxy) is 1. The molecule has 0 radical (unpaired) electrons. The van der Waals surface area contributed by atoms with Crippen molar-refractivity contribution in [3.05, 3.63) is 53.6 Å². The number of anilines is 1. The topological polar surface area (TPSA) is 75.7 Å². The van der Waals surface area contributed by atoms with E-state index in [1.165, 1.54) is 0 Å². The highest BCUT2D eigenvalue weighted by Crippen LogP contribution is 2.40. The van der Waals surface area contributed by atoms with E-state index in [0.717, 1.165) is 23.2 Å². The van der Waals surface area contributed by atoms with Gasteiger partial charge < -0.3 is 9.64 Å². The van der Waals surface area contributed by atoms with Crippen molar-refractivity contribution < 1.29 is 17.9 Å². The molecule has 0 saturated carbocycles. The van der Waals surface area contributed by atoms with E-state index in [0.29, 0.717) is 25.1 Å². The summed E-state index contributed by atoms with van der Waals surface area (Å²) >= 11 is 0. The molecular formula is C22H26N2O4S. The molecule has 0 spiro atoms. The number of benzene rings is 2. The summed E-state index contributed by atoms with van der Waals surface area (Å²) in [6.45, 7) is 6.57. The molecule has 2 heterocycles. The molecule has 2 aliphatic rings. The Hall–Kier alpha value is -2.38. The van der Waals surface area contributed by atoms with Gasteiger partial charge in [0.2, 0.25) is 15.9 Å². The second kappa shape index (κ2) is 7.15. The number of hydrogen-bond acceptors (Lipinski definition) is 4. The second-order valence-corrected chi connectivity index (χ2v) is 10.1. The highest BCUT2D eigenvalue weighted by Gasteiger charge is 2.36. The molecule has 2 aromatic carbocycles. The first-order chi connectivity index (χ1) is 13.6. The minimum Gasteiger partial charge on any atom is -0.487 e. The molecule has 1 atom stereocenters. The van der Waals surface area contributed by atoms with Crippen molar-refractivity contribution >= 4 is 21.6 Å². The Morgan fingerprint density at radius 3 is 2.52 bits per heavy atom. The van der Waals surface area contributed by atoms with E-state index in [4.69, 9.17) is 4.74 Å². The molecule has 29 heavy (non-hydrogen) atoms. The van der Waals surface area contributed by atoms with E-state index < -0.39 is 15.6 Å². The third-order valence-electron chi connectivity index (χ3n) is 5.45. The van der Waals surface area contributed by atoms with Gasteiger partial charge in [-0.25, -0.2) is 13.1 Å². The van der Waals surface area contributed by atoms with Gasteiger partial charge in [0.15, 0.2) is 0 Å². The Bertz CT molecular complexity index is 1040. The van der Waals surface area contributed by atoms with E-state index in [9.17, 15) is 13.2 Å². The van der Waals surface area contributed by atoms with Crippen molar-refractivity contribution in [1.82, 2.24) is 4.72 Å². The van der Waals surface area contributed by atoms with Gasteiger partial charge in [0.25, 0.3) is 0 Å². The molecule has 1 N–H and O–H groups in total. The standard InChI is InChI=1S/C22H26N2O4S/c1-15-6-11-20-18(13-15)19(14-22(2,3)28-20)23-29(26,27)17-9-7-16(8-10-17)24-12-4-5-21(24)25/h6-11,13,19,23H,4-5,12,14H2,1-3H3. The molecule has 1 amide bonds. The Morgan fingerprint density at radius 1 is 1.14 bits per heavy atom. The molecular weight excluding hydrogens is 388 g/mol. The predicted octanol–water partition coefficient (Wildman–Crippen LogP) is 3.70. The summed E-state index contributed by atoms with van der Waals surface area (Å²) in [5.41, 5.74) is 2.16. The lowest BCUT2D eigenvalue weighted by Gasteiger charge is -2.38. The van der Waals surface area contributed by atoms with Gasteiger partial charge >= 0.3 is 0 Å². The van der Waals surface area contributed by atoms with Crippen LogP contribution >= 0.6 is 0 Å². The first-order valence-corrected chi connectivity index (χ1v) is 11.4. The number of nitrogens with one attached hydrogen (secondary N) is 1. The molecule has 6 nitrogen and oxygen atoms in total. The summed E-state index contributed by atoms with van der Waals surface area (Å²) in [7, 11) is -3.73. The first kappa shape index (κ1) is 19.9. The van der Waals surface area contributed by atoms with Crippen LogP contribution in [0.3, 0.4) is 0 Å². The zero-order valence-corrected chi connectivity index (χ0v) is 17.8. The molecule has 4 rings (SSSR count). The second-order valence-electron chi connectivity index (χ2n) is 8.42. The number of amides is 1. The highest BCUT2D eigenvalue weighted by atomic mass is 32.2. The fourth-order valence-electron chi connectivity index (χ4n) is 4.06. The molecule has 1 fully saturated rings. The van der Waals surface area contributed by atoms with Gasteiger partial charge in [0, 0.05) is 30.6 Å². The Kier molecular flexibility index (Phi) is 4.91. The van der Waals surface area contributed by atoms with Gasteiger partial charge in [-0.05, 0) is 57.5 Å². The van der Waals surface area contributed by atoms with Crippen LogP contribution in [-0.4, -0.2) is 26.5 Å². The Morgan fingerprint density at radius 2 is 1.86 bits per heavy atom. The average Bonchev–Trinajstić information content (AvgIpc) is 3.07. The maximum absolute atomic E-state index is 13.1. The number of carbonyl (C=O) groups excluding carboxylic acids is 1. The summed E-state index contributed by atoms with van der Waals surface area (Å²) in [6.07, 6.45) is 1.90. The van der Waals surface area contributed by atoms with Crippen molar-refractivity contribution in [2.24, 2.45) is 0 Å². The Labute approximate surface area is 171 Å². The number of fused-ring (bicyclic) bond motifs is 1. The third kappa shape index (κ3) is 4.02. The van der Waals surface area contributed by atoms with Crippen LogP contribution in [-0.2, 0) is 14.8 Å². The largest absolute Gasteiger partial charge is 0.487 e. The molecule has 0 bridgehead atoms. The fourth-order valence-corrected chi connectivity index (χ4v) is 5.28. The van der Waals surface area contributed by atoms with Crippen molar-refractivity contribution in [3.63, 3.8) is 0 Å². The van der Waals surface area contributed by atoms with Crippen LogP contribution < -0.4 is 14.4 Å². The van der Waals surface area contributed by atoms with E-state index in [1.807, 2.05) is 39.0 Å². The van der Waals surface area contributed by atoms with Crippen molar-refractivity contribution in [1.29, 1.82) is 0 Å². The van der Waals surface area contributed by atoms with E-state index >= 15 is 0 Å². The minimum absolute atomic E-state index is 0.0788. The van der Waals surface area contributed by atoms with Crippen LogP contribution in [0.1, 0.15) is 50.3 Å². The number of rotatable bonds is 4. The number of nitrogens with zero attached hydrogens (tertiary/aromatic N) is 1. The summed E-state index contributed by atoms with van der Waals surface area (Å²) in [5.74, 6) is 0.789. The molecule has 1 saturated heterocycles. The molecule has 154 valence electrons. The van der Waals surface area contributed by atoms with Crippen LogP contribution in [0, 0.1) is 6.92 Å². The number of sulfonamides is 1. The van der Waals surface area contributed by atoms with Gasteiger partial charge in [0.1, 0.15) is 11.4 Å². The highest BCUT2D eigenvalue weighted by molar-refractivity contribution is 7.89. The summed E-state index contributed by atoms with van der Waals surface area (Å²) in [5, 5.41) is 0. The van der Waals surface area contributed by atoms with Gasteiger partial charge in [-0.3, -0.25) is 4.79 Å². The zero-order valence-electron chi connectivity index (χ0n) is 16.9. The first-order valence-electron chi connectivity index (χ1n) is 9.87. The molecule has 1 unspecified atom stereocenters. The lowest BCUT2D eigenvalue weighted by molar-refractivity contribution is -0.117. The molecule has 2 aromatic rings. The third-order valence-corrected chi connectivity index (χ3v) is 6.94. The molecule has 2 aliphatic heterocycles. The quantitative estimate of drug-likeness (QED) is 0.828. The van der Waals surface area contributed by atoms with Crippen molar-refractivity contribution in [3.8, 4) is 5.75 Å². The maximum Gasteiger partial charge on any atom is 0.241 e. The predicted molar refractivity (Wildman–Crippen MR) is 112 cm³/mol. The van der Waals surface area contributed by atoms with Gasteiger partial charge in [-0.15, -0.1) is 0 Å². The van der Waals surface area contributed by atoms with Crippen LogP contribution in [0.5, 0.6) is 5.75 Å². The smallest absolute Gasteiger partial charge is 0.241 e. The average molecular weight is 415 g/mol. The molecule has 0 aliphatic carbocycles. The lowest BCUT2D eigenvalue weighted by atomic mass is 9.89. The fraction of sp³-hybridized carbons (Fsp3) is 0.409. The van der Waals surface area contributed by atoms with Gasteiger partial charge in [-0.1, -0.05) is 17.7 Å². The van der Waals surface area contributed by atoms with Crippen LogP contribution in [0.15, 0.2) is 47.4 Å². The van der Waals surface area contributed by atoms with Crippen LogP contribution in [0.25, 0.3) is 0 Å². The number of carbonyl (C=O) groups is 1. The monoisotopic (exact) mass is 414 g/mol. The van der Waals surface area contributed by atoms with Crippen molar-refractivity contribution in [2.45, 2.75) is 56.6 Å². The van der Waals surface area contributed by atoms with E-state index in [-0.39, 0.29) is 16.8 Å². The van der Waals surface area contributed by atoms with Crippen LogP contribution in [0.4, 0.5) is 5.69 Å². The lowest BCUT2D eigenvalue weighted by Crippen LogP contribution is -2.41. The summed E-state index contributed by atoms with van der Waals surface area (Å²) in [4.78, 5) is 13.8. The van der Waals surface area contributed by atoms with Crippen LogP contribution in [0.2, 0.25) is 0 Å². The molecule has 7 heteroatoms. The van der Waals surface area contributed by atoms with Crippen molar-refractivity contribution in [2.75, 3.05) is 11.4 Å². The zero-order chi connectivity index (χ0) is 20.8. The number of hydrogen-bond donors (Lipinski definition) is 1. The van der Waals surface area contributed by atoms with Gasteiger partial charge in [-0.2, -0.15) is 0 Å². The molecule has 0 aromatic heterocycles. The summed E-state index contributed by atoms with van der Waals surface area (Å²) in [6, 6.07) is 12.0. The maximum atomic E-state index is 13.1. The number of aryl methyl sites for hydroxylation is 1. The van der Waals surface area contributed by atoms with E-state index in [2.05, 4.69) is 4.72 Å². The minimum atomic E-state index is -3.73. The van der Waals surface area contributed by atoms with E-state index in [1.54, 1.807) is 29.2 Å². The normalized spacial score (nSPS) is 21.0. The Balaban J connectivity index is 1.60. The van der Waals surface area contributed by atoms with Gasteiger partial charge in [0.05, 0.1) is 10.9 Å². The summed E-state index contributed by atoms with van der Waals surface area (Å²) < 4.78 is 35.0. The SMILES string of the molecule is Cc1ccc2c(c1)C(NS(=O)(=O)c1ccc(N3CCCC3=O)cc1)CC(C)(C)O2.